The SMILES string of the molecule is CC(C)(C[C@H]1CCN(Cc2ccccc2)C1)OC(=O)Nc1ccc(/C=C/C(=O)O)cn1. The molecule has 0 spiro atoms. The van der Waals surface area contributed by atoms with Crippen molar-refractivity contribution in [3.8, 4) is 0 Å². The minimum absolute atomic E-state index is 0.350. The molecule has 2 N–H and O–H groups in total. The van der Waals surface area contributed by atoms with Crippen LogP contribution in [0.1, 0.15) is 37.8 Å². The Morgan fingerprint density at radius 2 is 2.03 bits per heavy atom. The average molecular weight is 424 g/mol. The second-order valence-corrected chi connectivity index (χ2v) is 8.50. The predicted molar refractivity (Wildman–Crippen MR) is 120 cm³/mol. The quantitative estimate of drug-likeness (QED) is 0.611. The fraction of sp³-hybridized carbons (Fsp3) is 0.375. The van der Waals surface area contributed by atoms with Crippen molar-refractivity contribution in [3.05, 3.63) is 65.9 Å². The van der Waals surface area contributed by atoms with E-state index in [4.69, 9.17) is 9.84 Å². The van der Waals surface area contributed by atoms with E-state index in [1.807, 2.05) is 19.9 Å². The summed E-state index contributed by atoms with van der Waals surface area (Å²) in [5.41, 5.74) is 1.35. The number of carboxylic acids is 1. The number of hydrogen-bond acceptors (Lipinski definition) is 5. The van der Waals surface area contributed by atoms with Crippen LogP contribution in [0.25, 0.3) is 6.08 Å². The lowest BCUT2D eigenvalue weighted by molar-refractivity contribution is -0.131. The van der Waals surface area contributed by atoms with Gasteiger partial charge in [0, 0.05) is 25.4 Å². The number of nitrogens with zero attached hydrogens (tertiary/aromatic N) is 2. The summed E-state index contributed by atoms with van der Waals surface area (Å²) in [6, 6.07) is 13.7. The van der Waals surface area contributed by atoms with Gasteiger partial charge in [-0.1, -0.05) is 30.3 Å². The van der Waals surface area contributed by atoms with Gasteiger partial charge in [-0.3, -0.25) is 10.2 Å². The van der Waals surface area contributed by atoms with Crippen molar-refractivity contribution in [1.29, 1.82) is 0 Å². The first kappa shape index (κ1) is 22.5. The fourth-order valence-corrected chi connectivity index (χ4v) is 3.93. The van der Waals surface area contributed by atoms with Crippen LogP contribution >= 0.6 is 0 Å². The Balaban J connectivity index is 1.45. The van der Waals surface area contributed by atoms with Gasteiger partial charge in [0.05, 0.1) is 0 Å². The number of likely N-dealkylation sites (tertiary alicyclic amines) is 1. The zero-order chi connectivity index (χ0) is 22.3. The maximum atomic E-state index is 12.3. The van der Waals surface area contributed by atoms with Gasteiger partial charge in [-0.05, 0) is 68.5 Å². The Labute approximate surface area is 182 Å². The number of aliphatic carboxylic acids is 1. The fourth-order valence-electron chi connectivity index (χ4n) is 3.93. The van der Waals surface area contributed by atoms with E-state index in [1.165, 1.54) is 17.8 Å². The van der Waals surface area contributed by atoms with E-state index in [0.717, 1.165) is 38.6 Å². The van der Waals surface area contributed by atoms with E-state index in [1.54, 1.807) is 12.1 Å². The summed E-state index contributed by atoms with van der Waals surface area (Å²) in [5.74, 6) is -0.202. The van der Waals surface area contributed by atoms with Gasteiger partial charge in [0.15, 0.2) is 0 Å². The van der Waals surface area contributed by atoms with E-state index < -0.39 is 17.7 Å². The summed E-state index contributed by atoms with van der Waals surface area (Å²) in [7, 11) is 0. The van der Waals surface area contributed by atoms with Gasteiger partial charge in [0.1, 0.15) is 11.4 Å². The highest BCUT2D eigenvalue weighted by Gasteiger charge is 2.31. The van der Waals surface area contributed by atoms with Gasteiger partial charge in [0.2, 0.25) is 0 Å². The smallest absolute Gasteiger partial charge is 0.413 e. The third kappa shape index (κ3) is 7.53. The van der Waals surface area contributed by atoms with Crippen molar-refractivity contribution in [2.24, 2.45) is 5.92 Å². The van der Waals surface area contributed by atoms with E-state index >= 15 is 0 Å². The number of carbonyl (C=O) groups excluding carboxylic acids is 1. The van der Waals surface area contributed by atoms with Gasteiger partial charge < -0.3 is 9.84 Å². The molecular formula is C24H29N3O4. The second-order valence-electron chi connectivity index (χ2n) is 8.50. The number of hydrogen-bond donors (Lipinski definition) is 2. The lowest BCUT2D eigenvalue weighted by atomic mass is 9.93. The molecule has 7 nitrogen and oxygen atoms in total. The molecule has 0 aliphatic carbocycles. The Hall–Kier alpha value is -3.19. The summed E-state index contributed by atoms with van der Waals surface area (Å²) in [6.07, 6.45) is 5.28. The number of anilines is 1. The predicted octanol–water partition coefficient (Wildman–Crippen LogP) is 4.42. The zero-order valence-electron chi connectivity index (χ0n) is 18.0. The number of aromatic nitrogens is 1. The molecule has 0 unspecified atom stereocenters. The average Bonchev–Trinajstić information content (AvgIpc) is 3.13. The van der Waals surface area contributed by atoms with Crippen molar-refractivity contribution >= 4 is 24.0 Å². The van der Waals surface area contributed by atoms with E-state index in [0.29, 0.717) is 17.3 Å². The van der Waals surface area contributed by atoms with E-state index in [9.17, 15) is 9.59 Å². The van der Waals surface area contributed by atoms with Crippen molar-refractivity contribution in [3.63, 3.8) is 0 Å². The van der Waals surface area contributed by atoms with Gasteiger partial charge in [0.25, 0.3) is 0 Å². The van der Waals surface area contributed by atoms with Crippen LogP contribution in [0.4, 0.5) is 10.6 Å². The molecule has 0 radical (unpaired) electrons. The molecule has 2 heterocycles. The minimum Gasteiger partial charge on any atom is -0.478 e. The van der Waals surface area contributed by atoms with Crippen LogP contribution in [0.5, 0.6) is 0 Å². The molecule has 2 aromatic rings. The number of benzene rings is 1. The highest BCUT2D eigenvalue weighted by molar-refractivity contribution is 5.86. The Bertz CT molecular complexity index is 910. The number of nitrogens with one attached hydrogen (secondary N) is 1. The summed E-state index contributed by atoms with van der Waals surface area (Å²) >= 11 is 0. The minimum atomic E-state index is -1.03. The molecule has 31 heavy (non-hydrogen) atoms. The summed E-state index contributed by atoms with van der Waals surface area (Å²) in [4.78, 5) is 29.5. The zero-order valence-corrected chi connectivity index (χ0v) is 18.0. The van der Waals surface area contributed by atoms with E-state index in [2.05, 4.69) is 39.5 Å². The van der Waals surface area contributed by atoms with Gasteiger partial charge in [-0.2, -0.15) is 0 Å². The Morgan fingerprint density at radius 3 is 2.71 bits per heavy atom. The molecule has 7 heteroatoms. The third-order valence-corrected chi connectivity index (χ3v) is 5.20. The normalized spacial score (nSPS) is 17.0. The Morgan fingerprint density at radius 1 is 1.26 bits per heavy atom. The van der Waals surface area contributed by atoms with Crippen LogP contribution in [0.2, 0.25) is 0 Å². The van der Waals surface area contributed by atoms with Crippen molar-refractivity contribution in [2.75, 3.05) is 18.4 Å². The number of amides is 1. The topological polar surface area (TPSA) is 91.8 Å². The molecule has 1 saturated heterocycles. The summed E-state index contributed by atoms with van der Waals surface area (Å²) < 4.78 is 5.67. The number of carbonyl (C=O) groups is 2. The molecule has 0 saturated carbocycles. The van der Waals surface area contributed by atoms with E-state index in [-0.39, 0.29) is 0 Å². The van der Waals surface area contributed by atoms with Gasteiger partial charge >= 0.3 is 12.1 Å². The summed E-state index contributed by atoms with van der Waals surface area (Å²) in [6.45, 7) is 6.85. The number of pyridine rings is 1. The van der Waals surface area contributed by atoms with Crippen molar-refractivity contribution in [1.82, 2.24) is 9.88 Å². The van der Waals surface area contributed by atoms with Crippen LogP contribution in [-0.2, 0) is 16.1 Å². The molecule has 1 aromatic heterocycles. The van der Waals surface area contributed by atoms with Crippen LogP contribution in [0.15, 0.2) is 54.7 Å². The molecule has 1 aliphatic heterocycles. The van der Waals surface area contributed by atoms with Crippen molar-refractivity contribution in [2.45, 2.75) is 38.8 Å². The molecule has 1 atom stereocenters. The largest absolute Gasteiger partial charge is 0.478 e. The summed E-state index contributed by atoms with van der Waals surface area (Å²) in [5, 5.41) is 11.3. The number of rotatable bonds is 8. The monoisotopic (exact) mass is 423 g/mol. The molecule has 1 aliphatic rings. The molecule has 1 fully saturated rings. The number of carboxylic acid groups (broad SMARTS) is 1. The molecule has 3 rings (SSSR count). The molecular weight excluding hydrogens is 394 g/mol. The number of ether oxygens (including phenoxy) is 1. The lowest BCUT2D eigenvalue weighted by Crippen LogP contribution is -2.33. The first-order valence-corrected chi connectivity index (χ1v) is 10.4. The maximum absolute atomic E-state index is 12.3. The molecule has 1 amide bonds. The highest BCUT2D eigenvalue weighted by atomic mass is 16.6. The molecule has 0 bridgehead atoms. The van der Waals surface area contributed by atoms with Crippen LogP contribution in [-0.4, -0.2) is 45.7 Å². The van der Waals surface area contributed by atoms with Crippen molar-refractivity contribution < 1.29 is 19.4 Å². The maximum Gasteiger partial charge on any atom is 0.413 e. The van der Waals surface area contributed by atoms with Crippen LogP contribution in [0, 0.1) is 5.92 Å². The standard InChI is InChI=1S/C24H29N3O4/c1-24(2,14-20-12-13-27(17-20)16-19-6-4-3-5-7-19)31-23(30)26-21-10-8-18(15-25-21)9-11-22(28)29/h3-11,15,20H,12-14,16-17H2,1-2H3,(H,28,29)(H,25,26,30)/b11-9+/t20-/m1/s1. The van der Waals surface area contributed by atoms with Gasteiger partial charge in [-0.15, -0.1) is 0 Å². The lowest BCUT2D eigenvalue weighted by Gasteiger charge is -2.28. The highest BCUT2D eigenvalue weighted by Crippen LogP contribution is 2.29. The molecule has 164 valence electrons. The van der Waals surface area contributed by atoms with Crippen LogP contribution < -0.4 is 5.32 Å². The van der Waals surface area contributed by atoms with Crippen LogP contribution in [0.3, 0.4) is 0 Å². The first-order valence-electron chi connectivity index (χ1n) is 10.4. The second kappa shape index (κ2) is 10.2. The molecule has 1 aromatic carbocycles. The Kier molecular flexibility index (Phi) is 7.41. The first-order chi connectivity index (χ1) is 14.8. The third-order valence-electron chi connectivity index (χ3n) is 5.20. The van der Waals surface area contributed by atoms with Gasteiger partial charge in [-0.25, -0.2) is 14.6 Å².